The van der Waals surface area contributed by atoms with Crippen LogP contribution in [0.4, 0.5) is 0 Å². The summed E-state index contributed by atoms with van der Waals surface area (Å²) in [5, 5.41) is 6.78. The van der Waals surface area contributed by atoms with Crippen LogP contribution in [-0.2, 0) is 18.4 Å². The zero-order valence-corrected chi connectivity index (χ0v) is 12.1. The molecule has 6 heteroatoms. The molecule has 0 aliphatic heterocycles. The first-order valence-electron chi connectivity index (χ1n) is 6.51. The number of rotatable bonds is 4. The second-order valence-electron chi connectivity index (χ2n) is 5.11. The molecular weight excluding hydrogens is 282 g/mol. The number of thiophene rings is 1. The van der Waals surface area contributed by atoms with Gasteiger partial charge in [-0.3, -0.25) is 0 Å². The van der Waals surface area contributed by atoms with Crippen LogP contribution in [0.2, 0.25) is 5.02 Å². The Morgan fingerprint density at radius 1 is 1.37 bits per heavy atom. The Kier molecular flexibility index (Phi) is 3.60. The van der Waals surface area contributed by atoms with Crippen molar-refractivity contribution in [2.24, 2.45) is 5.73 Å². The zero-order chi connectivity index (χ0) is 13.3. The summed E-state index contributed by atoms with van der Waals surface area (Å²) >= 11 is 7.55. The molecule has 0 unspecified atom stereocenters. The van der Waals surface area contributed by atoms with E-state index in [1.54, 1.807) is 11.3 Å². The fourth-order valence-corrected chi connectivity index (χ4v) is 3.58. The van der Waals surface area contributed by atoms with E-state index in [9.17, 15) is 0 Å². The summed E-state index contributed by atoms with van der Waals surface area (Å²) < 4.78 is 5.30. The van der Waals surface area contributed by atoms with Gasteiger partial charge in [-0.1, -0.05) is 29.6 Å². The Hall–Kier alpha value is -0.910. The second kappa shape index (κ2) is 5.23. The first-order chi connectivity index (χ1) is 9.16. The van der Waals surface area contributed by atoms with Crippen molar-refractivity contribution < 1.29 is 4.52 Å². The lowest BCUT2D eigenvalue weighted by Gasteiger charge is -2.17. The van der Waals surface area contributed by atoms with Gasteiger partial charge in [0.1, 0.15) is 0 Å². The first-order valence-corrected chi connectivity index (χ1v) is 7.76. The monoisotopic (exact) mass is 297 g/mol. The Morgan fingerprint density at radius 2 is 2.16 bits per heavy atom. The maximum Gasteiger partial charge on any atom is 0.227 e. The van der Waals surface area contributed by atoms with Crippen molar-refractivity contribution in [3.8, 4) is 0 Å². The van der Waals surface area contributed by atoms with Crippen LogP contribution in [0, 0.1) is 0 Å². The van der Waals surface area contributed by atoms with E-state index in [-0.39, 0.29) is 5.54 Å². The highest BCUT2D eigenvalue weighted by atomic mass is 35.5. The summed E-state index contributed by atoms with van der Waals surface area (Å²) in [5.74, 6) is 1.33. The van der Waals surface area contributed by atoms with Crippen LogP contribution in [0.25, 0.3) is 0 Å². The molecule has 2 N–H and O–H groups in total. The van der Waals surface area contributed by atoms with Crippen LogP contribution in [0.3, 0.4) is 0 Å². The van der Waals surface area contributed by atoms with E-state index in [1.165, 1.54) is 4.88 Å². The van der Waals surface area contributed by atoms with Crippen LogP contribution in [0.1, 0.15) is 42.3 Å². The molecule has 1 aliphatic carbocycles. The van der Waals surface area contributed by atoms with Crippen molar-refractivity contribution in [2.45, 2.75) is 44.1 Å². The molecule has 0 bridgehead atoms. The average molecular weight is 298 g/mol. The first kappa shape index (κ1) is 13.1. The van der Waals surface area contributed by atoms with Crippen molar-refractivity contribution in [3.63, 3.8) is 0 Å². The van der Waals surface area contributed by atoms with Gasteiger partial charge in [0.25, 0.3) is 0 Å². The zero-order valence-electron chi connectivity index (χ0n) is 10.6. The molecule has 0 spiro atoms. The minimum atomic E-state index is -0.367. The van der Waals surface area contributed by atoms with Crippen LogP contribution in [0.15, 0.2) is 16.0 Å². The molecule has 102 valence electrons. The molecule has 0 saturated heterocycles. The Morgan fingerprint density at radius 3 is 2.84 bits per heavy atom. The summed E-state index contributed by atoms with van der Waals surface area (Å²) in [6, 6.07) is 1.98. The van der Waals surface area contributed by atoms with E-state index in [0.29, 0.717) is 11.7 Å². The lowest BCUT2D eigenvalue weighted by atomic mass is 9.99. The van der Waals surface area contributed by atoms with Crippen molar-refractivity contribution >= 4 is 22.9 Å². The lowest BCUT2D eigenvalue weighted by molar-refractivity contribution is 0.348. The highest BCUT2D eigenvalue weighted by Gasteiger charge is 2.35. The predicted octanol–water partition coefficient (Wildman–Crippen LogP) is 3.30. The van der Waals surface area contributed by atoms with Gasteiger partial charge in [-0.2, -0.15) is 4.98 Å². The molecule has 3 rings (SSSR count). The van der Waals surface area contributed by atoms with E-state index in [4.69, 9.17) is 21.9 Å². The fraction of sp³-hybridized carbons (Fsp3) is 0.538. The van der Waals surface area contributed by atoms with Gasteiger partial charge in [0.15, 0.2) is 5.82 Å². The third kappa shape index (κ3) is 2.83. The number of aryl methyl sites for hydroxylation is 2. The van der Waals surface area contributed by atoms with Gasteiger partial charge in [0.05, 0.1) is 10.6 Å². The molecule has 0 aromatic carbocycles. The van der Waals surface area contributed by atoms with E-state index >= 15 is 0 Å². The third-order valence-corrected chi connectivity index (χ3v) is 4.96. The predicted molar refractivity (Wildman–Crippen MR) is 75.4 cm³/mol. The van der Waals surface area contributed by atoms with Crippen LogP contribution >= 0.6 is 22.9 Å². The van der Waals surface area contributed by atoms with E-state index in [0.717, 1.165) is 43.5 Å². The number of hydrogen-bond donors (Lipinski definition) is 1. The summed E-state index contributed by atoms with van der Waals surface area (Å²) in [6.07, 6.45) is 5.80. The van der Waals surface area contributed by atoms with Gasteiger partial charge in [0, 0.05) is 16.7 Å². The molecule has 0 amide bonds. The quantitative estimate of drug-likeness (QED) is 0.940. The molecule has 2 aromatic heterocycles. The van der Waals surface area contributed by atoms with Crippen molar-refractivity contribution in [3.05, 3.63) is 33.1 Å². The number of nitrogens with two attached hydrogens (primary N) is 1. The normalized spacial score (nSPS) is 18.0. The smallest absolute Gasteiger partial charge is 0.227 e. The van der Waals surface area contributed by atoms with E-state index in [1.807, 2.05) is 11.4 Å². The maximum absolute atomic E-state index is 6.30. The lowest BCUT2D eigenvalue weighted by Crippen LogP contribution is -2.34. The number of halogens is 1. The average Bonchev–Trinajstić information content (AvgIpc) is 3.08. The van der Waals surface area contributed by atoms with Crippen molar-refractivity contribution in [1.29, 1.82) is 0 Å². The summed E-state index contributed by atoms with van der Waals surface area (Å²) in [7, 11) is 0. The summed E-state index contributed by atoms with van der Waals surface area (Å²) in [5.41, 5.74) is 5.94. The van der Waals surface area contributed by atoms with Gasteiger partial charge >= 0.3 is 0 Å². The minimum Gasteiger partial charge on any atom is -0.339 e. The molecule has 2 heterocycles. The molecule has 0 atom stereocenters. The number of nitrogens with zero attached hydrogens (tertiary/aromatic N) is 2. The van der Waals surface area contributed by atoms with Gasteiger partial charge in [0.2, 0.25) is 5.89 Å². The second-order valence-corrected chi connectivity index (χ2v) is 6.54. The highest BCUT2D eigenvalue weighted by Crippen LogP contribution is 2.34. The molecule has 0 radical (unpaired) electrons. The standard InChI is InChI=1S/C13H16ClN3OS/c14-9-7-10(19-8-9)3-4-11-16-12(17-18-11)13(15)5-1-2-6-13/h7-8H,1-6,15H2. The van der Waals surface area contributed by atoms with E-state index in [2.05, 4.69) is 10.1 Å². The van der Waals surface area contributed by atoms with Crippen molar-refractivity contribution in [1.82, 2.24) is 10.1 Å². The highest BCUT2D eigenvalue weighted by molar-refractivity contribution is 7.10. The topological polar surface area (TPSA) is 64.9 Å². The molecule has 1 saturated carbocycles. The summed E-state index contributed by atoms with van der Waals surface area (Å²) in [6.45, 7) is 0. The number of aromatic nitrogens is 2. The molecule has 19 heavy (non-hydrogen) atoms. The Labute approximate surface area is 121 Å². The SMILES string of the molecule is NC1(c2noc(CCc3cc(Cl)cs3)n2)CCCC1. The van der Waals surface area contributed by atoms with Gasteiger partial charge in [-0.15, -0.1) is 11.3 Å². The molecule has 1 fully saturated rings. The van der Waals surface area contributed by atoms with Crippen LogP contribution < -0.4 is 5.73 Å². The van der Waals surface area contributed by atoms with Gasteiger partial charge < -0.3 is 10.3 Å². The van der Waals surface area contributed by atoms with E-state index < -0.39 is 0 Å². The molecular formula is C13H16ClN3OS. The maximum atomic E-state index is 6.30. The van der Waals surface area contributed by atoms with Crippen molar-refractivity contribution in [2.75, 3.05) is 0 Å². The summed E-state index contributed by atoms with van der Waals surface area (Å²) in [4.78, 5) is 5.68. The molecule has 2 aromatic rings. The van der Waals surface area contributed by atoms with Crippen LogP contribution in [0.5, 0.6) is 0 Å². The largest absolute Gasteiger partial charge is 0.339 e. The van der Waals surface area contributed by atoms with Crippen LogP contribution in [-0.4, -0.2) is 10.1 Å². The minimum absolute atomic E-state index is 0.367. The number of hydrogen-bond acceptors (Lipinski definition) is 5. The molecule has 4 nitrogen and oxygen atoms in total. The Balaban J connectivity index is 1.65. The fourth-order valence-electron chi connectivity index (χ4n) is 2.50. The van der Waals surface area contributed by atoms with Gasteiger partial charge in [-0.25, -0.2) is 0 Å². The third-order valence-electron chi connectivity index (χ3n) is 3.62. The Bertz CT molecular complexity index is 560. The van der Waals surface area contributed by atoms with Gasteiger partial charge in [-0.05, 0) is 25.3 Å². The molecule has 1 aliphatic rings.